The van der Waals surface area contributed by atoms with E-state index in [-0.39, 0.29) is 5.60 Å². The van der Waals surface area contributed by atoms with E-state index in [1.807, 2.05) is 0 Å². The summed E-state index contributed by atoms with van der Waals surface area (Å²) in [6.45, 7) is 9.78. The third-order valence-electron chi connectivity index (χ3n) is 4.52. The van der Waals surface area contributed by atoms with E-state index in [9.17, 15) is 0 Å². The first-order chi connectivity index (χ1) is 12.0. The van der Waals surface area contributed by atoms with Crippen LogP contribution in [0.25, 0.3) is 0 Å². The summed E-state index contributed by atoms with van der Waals surface area (Å²) in [5.74, 6) is 0. The summed E-state index contributed by atoms with van der Waals surface area (Å²) in [6.07, 6.45) is 22.5. The molecule has 0 spiro atoms. The molecule has 0 aromatic rings. The second kappa shape index (κ2) is 13.6. The maximum Gasteiger partial charge on any atom is 0.123 e. The van der Waals surface area contributed by atoms with Crippen LogP contribution in [0.2, 0.25) is 0 Å². The Labute approximate surface area is 157 Å². The number of unbranched alkanes of at least 4 members (excludes halogenated alkanes) is 8. The number of allylic oxidation sites excluding steroid dienone is 2. The van der Waals surface area contributed by atoms with Crippen molar-refractivity contribution >= 4 is 0 Å². The molecule has 0 aromatic carbocycles. The third kappa shape index (κ3) is 13.3. The van der Waals surface area contributed by atoms with Crippen LogP contribution in [0.5, 0.6) is 0 Å². The third-order valence-corrected chi connectivity index (χ3v) is 4.52. The Morgan fingerprint density at radius 3 is 2.04 bits per heavy atom. The van der Waals surface area contributed by atoms with Crippen molar-refractivity contribution in [1.29, 1.82) is 0 Å². The summed E-state index contributed by atoms with van der Waals surface area (Å²) in [7, 11) is 0. The predicted octanol–water partition coefficient (Wildman–Crippen LogP) is 7.16. The Kier molecular flexibility index (Phi) is 12.2. The van der Waals surface area contributed by atoms with Crippen molar-refractivity contribution in [3.05, 3.63) is 29.9 Å². The molecule has 0 amide bonds. The zero-order chi connectivity index (χ0) is 18.4. The van der Waals surface area contributed by atoms with Crippen LogP contribution in [-0.2, 0) is 9.47 Å². The maximum absolute atomic E-state index is 5.78. The molecule has 0 aliphatic heterocycles. The number of hydrogen-bond donors (Lipinski definition) is 0. The van der Waals surface area contributed by atoms with Crippen LogP contribution in [0, 0.1) is 6.10 Å². The van der Waals surface area contributed by atoms with Gasteiger partial charge in [-0.1, -0.05) is 76.0 Å². The molecule has 0 heterocycles. The van der Waals surface area contributed by atoms with E-state index in [0.717, 1.165) is 12.5 Å². The van der Waals surface area contributed by atoms with Gasteiger partial charge >= 0.3 is 0 Å². The first kappa shape index (κ1) is 22.4. The van der Waals surface area contributed by atoms with Gasteiger partial charge in [0.15, 0.2) is 0 Å². The molecular weight excluding hydrogens is 308 g/mol. The smallest absolute Gasteiger partial charge is 0.123 e. The fourth-order valence-corrected chi connectivity index (χ4v) is 3.02. The molecule has 1 aliphatic carbocycles. The Hall–Kier alpha value is -0.600. The van der Waals surface area contributed by atoms with E-state index in [1.54, 1.807) is 0 Å². The Bertz CT molecular complexity index is 376. The summed E-state index contributed by atoms with van der Waals surface area (Å²) < 4.78 is 11.5. The molecule has 25 heavy (non-hydrogen) atoms. The lowest BCUT2D eigenvalue weighted by molar-refractivity contribution is -0.0306. The zero-order valence-corrected chi connectivity index (χ0v) is 17.2. The molecule has 2 heteroatoms. The molecule has 0 aromatic heterocycles. The summed E-state index contributed by atoms with van der Waals surface area (Å²) >= 11 is 0. The molecule has 1 radical (unpaired) electrons. The van der Waals surface area contributed by atoms with Crippen molar-refractivity contribution in [1.82, 2.24) is 0 Å². The van der Waals surface area contributed by atoms with E-state index in [0.29, 0.717) is 13.2 Å². The molecule has 2 nitrogen and oxygen atoms in total. The lowest BCUT2D eigenvalue weighted by atomic mass is 9.99. The first-order valence-electron chi connectivity index (χ1n) is 10.5. The molecule has 1 aliphatic rings. The average Bonchev–Trinajstić information content (AvgIpc) is 2.57. The molecule has 0 fully saturated rings. The van der Waals surface area contributed by atoms with E-state index in [4.69, 9.17) is 9.47 Å². The molecule has 1 rings (SSSR count). The zero-order valence-electron chi connectivity index (χ0n) is 17.2. The van der Waals surface area contributed by atoms with Crippen LogP contribution in [0.1, 0.15) is 98.3 Å². The van der Waals surface area contributed by atoms with Crippen molar-refractivity contribution in [2.24, 2.45) is 0 Å². The van der Waals surface area contributed by atoms with E-state index < -0.39 is 0 Å². The standard InChI is InChI=1S/C23H41O2/c1-5-6-7-8-9-10-11-12-13-14-21-15-17-22(18-16-21)24-19-20-25-23(2,3)4/h15-17H,5-14,18-20H2,1-4H3. The van der Waals surface area contributed by atoms with Gasteiger partial charge in [0.2, 0.25) is 0 Å². The molecule has 0 saturated carbocycles. The van der Waals surface area contributed by atoms with Gasteiger partial charge in [0.1, 0.15) is 6.10 Å². The van der Waals surface area contributed by atoms with Gasteiger partial charge in [-0.05, 0) is 39.7 Å². The van der Waals surface area contributed by atoms with E-state index in [2.05, 4.69) is 45.9 Å². The molecule has 0 atom stereocenters. The van der Waals surface area contributed by atoms with Gasteiger partial charge in [0.05, 0.1) is 18.8 Å². The highest BCUT2D eigenvalue weighted by molar-refractivity contribution is 5.29. The van der Waals surface area contributed by atoms with Crippen molar-refractivity contribution < 1.29 is 9.47 Å². The Morgan fingerprint density at radius 1 is 0.840 bits per heavy atom. The highest BCUT2D eigenvalue weighted by Gasteiger charge is 2.12. The monoisotopic (exact) mass is 349 g/mol. The van der Waals surface area contributed by atoms with Gasteiger partial charge < -0.3 is 9.47 Å². The molecule has 0 N–H and O–H groups in total. The molecule has 0 unspecified atom stereocenters. The van der Waals surface area contributed by atoms with E-state index >= 15 is 0 Å². The largest absolute Gasteiger partial charge is 0.373 e. The lowest BCUT2D eigenvalue weighted by Crippen LogP contribution is -2.22. The second-order valence-corrected chi connectivity index (χ2v) is 8.17. The van der Waals surface area contributed by atoms with Crippen LogP contribution in [0.4, 0.5) is 0 Å². The first-order valence-corrected chi connectivity index (χ1v) is 10.5. The molecular formula is C23H41O2. The number of hydrogen-bond acceptors (Lipinski definition) is 2. The van der Waals surface area contributed by atoms with Crippen LogP contribution in [0.15, 0.2) is 23.8 Å². The SMILES string of the molecule is CCCCCCCCCCCC1=CC[C](OCCOC(C)(C)C)C=C1. The van der Waals surface area contributed by atoms with Gasteiger partial charge in [-0.3, -0.25) is 0 Å². The molecule has 145 valence electrons. The van der Waals surface area contributed by atoms with Crippen molar-refractivity contribution in [3.63, 3.8) is 0 Å². The summed E-state index contributed by atoms with van der Waals surface area (Å²) in [5.41, 5.74) is 1.39. The quantitative estimate of drug-likeness (QED) is 0.310. The van der Waals surface area contributed by atoms with Crippen LogP contribution in [-0.4, -0.2) is 18.8 Å². The summed E-state index contributed by atoms with van der Waals surface area (Å²) in [5, 5.41) is 0. The number of ether oxygens (including phenoxy) is 2. The van der Waals surface area contributed by atoms with Gasteiger partial charge in [0.25, 0.3) is 0 Å². The van der Waals surface area contributed by atoms with Crippen LogP contribution >= 0.6 is 0 Å². The normalized spacial score (nSPS) is 15.6. The predicted molar refractivity (Wildman–Crippen MR) is 109 cm³/mol. The second-order valence-electron chi connectivity index (χ2n) is 8.17. The maximum atomic E-state index is 5.78. The molecule has 0 saturated heterocycles. The number of rotatable bonds is 14. The van der Waals surface area contributed by atoms with Crippen molar-refractivity contribution in [2.75, 3.05) is 13.2 Å². The van der Waals surface area contributed by atoms with Crippen LogP contribution < -0.4 is 0 Å². The highest BCUT2D eigenvalue weighted by atomic mass is 16.5. The minimum Gasteiger partial charge on any atom is -0.373 e. The Balaban J connectivity index is 1.96. The Morgan fingerprint density at radius 2 is 1.48 bits per heavy atom. The van der Waals surface area contributed by atoms with Gasteiger partial charge in [-0.15, -0.1) is 0 Å². The summed E-state index contributed by atoms with van der Waals surface area (Å²) in [4.78, 5) is 0. The highest BCUT2D eigenvalue weighted by Crippen LogP contribution is 2.23. The summed E-state index contributed by atoms with van der Waals surface area (Å²) in [6, 6.07) is 0. The minimum absolute atomic E-state index is 0.0843. The topological polar surface area (TPSA) is 18.5 Å². The van der Waals surface area contributed by atoms with Crippen molar-refractivity contribution in [2.45, 2.75) is 104 Å². The van der Waals surface area contributed by atoms with Gasteiger partial charge in [-0.25, -0.2) is 0 Å². The minimum atomic E-state index is -0.0843. The fourth-order valence-electron chi connectivity index (χ4n) is 3.02. The van der Waals surface area contributed by atoms with Gasteiger partial charge in [-0.2, -0.15) is 0 Å². The fraction of sp³-hybridized carbons (Fsp3) is 0.783. The van der Waals surface area contributed by atoms with Crippen molar-refractivity contribution in [3.8, 4) is 0 Å². The molecule has 0 bridgehead atoms. The van der Waals surface area contributed by atoms with E-state index in [1.165, 1.54) is 69.8 Å². The average molecular weight is 350 g/mol. The lowest BCUT2D eigenvalue weighted by Gasteiger charge is -2.21. The van der Waals surface area contributed by atoms with Gasteiger partial charge in [0, 0.05) is 6.42 Å². The van der Waals surface area contributed by atoms with Crippen LogP contribution in [0.3, 0.4) is 0 Å².